The maximum absolute atomic E-state index is 11.7. The fourth-order valence-electron chi connectivity index (χ4n) is 2.96. The summed E-state index contributed by atoms with van der Waals surface area (Å²) in [5.41, 5.74) is 4.96. The van der Waals surface area contributed by atoms with Crippen molar-refractivity contribution in [3.8, 4) is 0 Å². The summed E-state index contributed by atoms with van der Waals surface area (Å²) in [4.78, 5) is 20.0. The predicted octanol–water partition coefficient (Wildman–Crippen LogP) is 4.70. The van der Waals surface area contributed by atoms with Crippen molar-refractivity contribution in [1.82, 2.24) is 0 Å². The minimum absolute atomic E-state index is 0.298. The Bertz CT molecular complexity index is 634. The Morgan fingerprint density at radius 1 is 1.24 bits per heavy atom. The van der Waals surface area contributed by atoms with E-state index in [9.17, 15) is 4.79 Å². The topological polar surface area (TPSA) is 41.8 Å². The number of fused-ring (bicyclic) bond motifs is 1. The summed E-state index contributed by atoms with van der Waals surface area (Å²) >= 11 is 1.71. The van der Waals surface area contributed by atoms with Crippen LogP contribution in [0.2, 0.25) is 0 Å². The number of thioether (sulfide) groups is 1. The summed E-state index contributed by atoms with van der Waals surface area (Å²) in [6.45, 7) is 4.25. The van der Waals surface area contributed by atoms with Crippen LogP contribution in [-0.4, -0.2) is 16.8 Å². The number of benzene rings is 1. The van der Waals surface area contributed by atoms with Gasteiger partial charge < -0.3 is 0 Å². The molecule has 2 aliphatic rings. The Labute approximate surface area is 130 Å². The van der Waals surface area contributed by atoms with Crippen LogP contribution in [0.1, 0.15) is 42.4 Å². The lowest BCUT2D eigenvalue weighted by Crippen LogP contribution is -2.30. The zero-order chi connectivity index (χ0) is 14.8. The standard InChI is InChI=1S/C17H20N2OS/c1-11-7-8-12(2)13(9-11)10-21-16-14-5-3-4-6-15(14)18-17(20)19-16/h7-9,14H,3-6,10H2,1-2H3. The Balaban J connectivity index is 1.75. The molecule has 0 N–H and O–H groups in total. The fraction of sp³-hybridized carbons (Fsp3) is 0.471. The quantitative estimate of drug-likeness (QED) is 0.794. The van der Waals surface area contributed by atoms with Crippen molar-refractivity contribution in [2.24, 2.45) is 15.9 Å². The van der Waals surface area contributed by atoms with Gasteiger partial charge in [0.15, 0.2) is 0 Å². The summed E-state index contributed by atoms with van der Waals surface area (Å²) in [6.07, 6.45) is 4.41. The molecule has 0 aromatic heterocycles. The minimum Gasteiger partial charge on any atom is -0.244 e. The van der Waals surface area contributed by atoms with E-state index in [1.165, 1.54) is 23.1 Å². The molecule has 1 atom stereocenters. The van der Waals surface area contributed by atoms with Gasteiger partial charge in [0.2, 0.25) is 0 Å². The smallest absolute Gasteiger partial charge is 0.244 e. The van der Waals surface area contributed by atoms with Crippen LogP contribution in [0.15, 0.2) is 28.2 Å². The monoisotopic (exact) mass is 300 g/mol. The van der Waals surface area contributed by atoms with E-state index in [-0.39, 0.29) is 6.03 Å². The molecule has 3 rings (SSSR count). The molecule has 1 saturated carbocycles. The lowest BCUT2D eigenvalue weighted by Gasteiger charge is -2.27. The molecule has 4 heteroatoms. The Morgan fingerprint density at radius 3 is 2.95 bits per heavy atom. The predicted molar refractivity (Wildman–Crippen MR) is 89.4 cm³/mol. The summed E-state index contributed by atoms with van der Waals surface area (Å²) in [7, 11) is 0. The Morgan fingerprint density at radius 2 is 2.10 bits per heavy atom. The van der Waals surface area contributed by atoms with Gasteiger partial charge in [-0.25, -0.2) is 9.79 Å². The second-order valence-electron chi connectivity index (χ2n) is 5.85. The van der Waals surface area contributed by atoms with E-state index in [2.05, 4.69) is 42.0 Å². The van der Waals surface area contributed by atoms with Gasteiger partial charge in [0.25, 0.3) is 0 Å². The molecule has 1 heterocycles. The highest BCUT2D eigenvalue weighted by molar-refractivity contribution is 8.13. The number of amides is 2. The minimum atomic E-state index is -0.313. The van der Waals surface area contributed by atoms with E-state index in [0.29, 0.717) is 5.92 Å². The number of aliphatic imine (C=N–C) groups is 2. The molecule has 0 radical (unpaired) electrons. The summed E-state index contributed by atoms with van der Waals surface area (Å²) < 4.78 is 0. The van der Waals surface area contributed by atoms with Crippen molar-refractivity contribution >= 4 is 28.5 Å². The van der Waals surface area contributed by atoms with Crippen LogP contribution in [0.5, 0.6) is 0 Å². The Hall–Kier alpha value is -1.42. The number of urea groups is 1. The molecule has 21 heavy (non-hydrogen) atoms. The maximum atomic E-state index is 11.7. The van der Waals surface area contributed by atoms with Crippen LogP contribution < -0.4 is 0 Å². The molecule has 0 spiro atoms. The van der Waals surface area contributed by atoms with Crippen LogP contribution in [0.4, 0.5) is 4.79 Å². The van der Waals surface area contributed by atoms with E-state index in [0.717, 1.165) is 35.8 Å². The average molecular weight is 300 g/mol. The third-order valence-electron chi connectivity index (χ3n) is 4.20. The molecule has 3 nitrogen and oxygen atoms in total. The zero-order valence-electron chi connectivity index (χ0n) is 12.6. The second kappa shape index (κ2) is 6.14. The number of hydrogen-bond acceptors (Lipinski definition) is 2. The molecule has 1 fully saturated rings. The van der Waals surface area contributed by atoms with Crippen molar-refractivity contribution in [2.45, 2.75) is 45.3 Å². The average Bonchev–Trinajstić information content (AvgIpc) is 2.47. The number of carbonyl (C=O) groups excluding carboxylic acids is 1. The van der Waals surface area contributed by atoms with Gasteiger partial charge in [0, 0.05) is 17.4 Å². The molecule has 0 saturated heterocycles. The first-order chi connectivity index (χ1) is 10.1. The highest BCUT2D eigenvalue weighted by atomic mass is 32.2. The van der Waals surface area contributed by atoms with E-state index in [1.807, 2.05) is 0 Å². The van der Waals surface area contributed by atoms with Gasteiger partial charge in [-0.15, -0.1) is 11.8 Å². The first kappa shape index (κ1) is 14.5. The van der Waals surface area contributed by atoms with E-state index >= 15 is 0 Å². The van der Waals surface area contributed by atoms with Crippen LogP contribution >= 0.6 is 11.8 Å². The van der Waals surface area contributed by atoms with Gasteiger partial charge in [-0.05, 0) is 44.2 Å². The largest absolute Gasteiger partial charge is 0.367 e. The van der Waals surface area contributed by atoms with Gasteiger partial charge in [0.1, 0.15) is 0 Å². The zero-order valence-corrected chi connectivity index (χ0v) is 13.4. The second-order valence-corrected chi connectivity index (χ2v) is 6.85. The fourth-order valence-corrected chi connectivity index (χ4v) is 4.17. The van der Waals surface area contributed by atoms with Crippen LogP contribution in [-0.2, 0) is 5.75 Å². The highest BCUT2D eigenvalue weighted by Gasteiger charge is 2.30. The molecule has 1 aliphatic carbocycles. The molecule has 1 aromatic rings. The molecule has 110 valence electrons. The lowest BCUT2D eigenvalue weighted by molar-refractivity contribution is 0.256. The van der Waals surface area contributed by atoms with E-state index in [4.69, 9.17) is 0 Å². The Kier molecular flexibility index (Phi) is 4.24. The van der Waals surface area contributed by atoms with Crippen molar-refractivity contribution in [1.29, 1.82) is 0 Å². The highest BCUT2D eigenvalue weighted by Crippen LogP contribution is 2.32. The normalized spacial score (nSPS) is 21.6. The lowest BCUT2D eigenvalue weighted by atomic mass is 9.87. The summed E-state index contributed by atoms with van der Waals surface area (Å²) in [6, 6.07) is 6.21. The first-order valence-electron chi connectivity index (χ1n) is 7.52. The van der Waals surface area contributed by atoms with Gasteiger partial charge in [-0.2, -0.15) is 4.99 Å². The number of nitrogens with zero attached hydrogens (tertiary/aromatic N) is 2. The van der Waals surface area contributed by atoms with Crippen molar-refractivity contribution in [3.63, 3.8) is 0 Å². The summed E-state index contributed by atoms with van der Waals surface area (Å²) in [5.74, 6) is 1.18. The van der Waals surface area contributed by atoms with Gasteiger partial charge in [-0.1, -0.05) is 30.2 Å². The van der Waals surface area contributed by atoms with Crippen LogP contribution in [0, 0.1) is 19.8 Å². The molecular weight excluding hydrogens is 280 g/mol. The number of carbonyl (C=O) groups is 1. The third kappa shape index (κ3) is 3.26. The SMILES string of the molecule is Cc1ccc(C)c(CSC2=NC(=O)N=C3CCCCC32)c1. The molecule has 0 bridgehead atoms. The molecule has 1 aromatic carbocycles. The maximum Gasteiger partial charge on any atom is 0.367 e. The van der Waals surface area contributed by atoms with E-state index < -0.39 is 0 Å². The molecule has 2 amide bonds. The number of rotatable bonds is 2. The summed E-state index contributed by atoms with van der Waals surface area (Å²) in [5, 5.41) is 0.977. The molecule has 1 aliphatic heterocycles. The van der Waals surface area contributed by atoms with Crippen molar-refractivity contribution in [2.75, 3.05) is 0 Å². The first-order valence-corrected chi connectivity index (χ1v) is 8.51. The van der Waals surface area contributed by atoms with E-state index in [1.54, 1.807) is 11.8 Å². The van der Waals surface area contributed by atoms with Gasteiger partial charge in [-0.3, -0.25) is 0 Å². The number of aryl methyl sites for hydroxylation is 2. The van der Waals surface area contributed by atoms with Crippen LogP contribution in [0.3, 0.4) is 0 Å². The van der Waals surface area contributed by atoms with Crippen molar-refractivity contribution in [3.05, 3.63) is 34.9 Å². The van der Waals surface area contributed by atoms with Crippen molar-refractivity contribution < 1.29 is 4.79 Å². The third-order valence-corrected chi connectivity index (χ3v) is 5.33. The van der Waals surface area contributed by atoms with Crippen LogP contribution in [0.25, 0.3) is 0 Å². The number of hydrogen-bond donors (Lipinski definition) is 0. The van der Waals surface area contributed by atoms with Gasteiger partial charge in [0.05, 0.1) is 5.04 Å². The molecular formula is C17H20N2OS. The van der Waals surface area contributed by atoms with Gasteiger partial charge >= 0.3 is 6.03 Å². The molecule has 1 unspecified atom stereocenters.